The molecule has 0 saturated carbocycles. The van der Waals surface area contributed by atoms with E-state index in [9.17, 15) is 4.79 Å². The lowest BCUT2D eigenvalue weighted by atomic mass is 10.2. The first-order valence-corrected chi connectivity index (χ1v) is 5.64. The molecule has 88 valence electrons. The van der Waals surface area contributed by atoms with Crippen molar-refractivity contribution in [3.05, 3.63) is 23.0 Å². The summed E-state index contributed by atoms with van der Waals surface area (Å²) < 4.78 is 0. The highest BCUT2D eigenvalue weighted by Gasteiger charge is 2.13. The molecule has 0 aliphatic heterocycles. The summed E-state index contributed by atoms with van der Waals surface area (Å²) in [5, 5.41) is 3.02. The van der Waals surface area contributed by atoms with Crippen LogP contribution in [0.5, 0.6) is 0 Å². The van der Waals surface area contributed by atoms with Crippen molar-refractivity contribution in [2.75, 3.05) is 5.73 Å². The largest absolute Gasteiger partial charge is 0.397 e. The van der Waals surface area contributed by atoms with E-state index in [4.69, 9.17) is 17.3 Å². The van der Waals surface area contributed by atoms with Crippen LogP contribution in [0.3, 0.4) is 0 Å². The normalized spacial score (nSPS) is 12.2. The molecule has 0 bridgehead atoms. The zero-order valence-corrected chi connectivity index (χ0v) is 10.2. The first kappa shape index (κ1) is 12.8. The molecule has 0 spiro atoms. The molecule has 5 heteroatoms. The number of pyridine rings is 1. The third-order valence-corrected chi connectivity index (χ3v) is 2.51. The Morgan fingerprint density at radius 2 is 2.38 bits per heavy atom. The maximum Gasteiger partial charge on any atom is 0.254 e. The first-order chi connectivity index (χ1) is 7.54. The number of rotatable bonds is 4. The summed E-state index contributed by atoms with van der Waals surface area (Å²) in [6.45, 7) is 4.02. The summed E-state index contributed by atoms with van der Waals surface area (Å²) in [4.78, 5) is 15.6. The highest BCUT2D eigenvalue weighted by atomic mass is 35.5. The SMILES string of the molecule is CCCC(C)NC(=O)c1cc(N)cnc1Cl. The van der Waals surface area contributed by atoms with E-state index in [0.29, 0.717) is 11.3 Å². The van der Waals surface area contributed by atoms with Gasteiger partial charge in [-0.3, -0.25) is 4.79 Å². The first-order valence-electron chi connectivity index (χ1n) is 5.26. The van der Waals surface area contributed by atoms with E-state index in [0.717, 1.165) is 12.8 Å². The lowest BCUT2D eigenvalue weighted by molar-refractivity contribution is 0.0938. The molecule has 4 nitrogen and oxygen atoms in total. The van der Waals surface area contributed by atoms with Crippen LogP contribution in [0.1, 0.15) is 37.0 Å². The van der Waals surface area contributed by atoms with E-state index in [2.05, 4.69) is 17.2 Å². The number of carbonyl (C=O) groups excluding carboxylic acids is 1. The Bertz CT molecular complexity index is 381. The van der Waals surface area contributed by atoms with Crippen LogP contribution in [0.4, 0.5) is 5.69 Å². The van der Waals surface area contributed by atoms with Gasteiger partial charge in [-0.25, -0.2) is 4.98 Å². The average Bonchev–Trinajstić information content (AvgIpc) is 2.21. The number of hydrogen-bond acceptors (Lipinski definition) is 3. The van der Waals surface area contributed by atoms with Gasteiger partial charge in [0.2, 0.25) is 0 Å². The van der Waals surface area contributed by atoms with Crippen molar-refractivity contribution >= 4 is 23.2 Å². The second kappa shape index (κ2) is 5.70. The van der Waals surface area contributed by atoms with Gasteiger partial charge in [-0.2, -0.15) is 0 Å². The van der Waals surface area contributed by atoms with Crippen molar-refractivity contribution in [3.63, 3.8) is 0 Å². The Kier molecular flexibility index (Phi) is 4.55. The summed E-state index contributed by atoms with van der Waals surface area (Å²) in [6, 6.07) is 1.65. The molecule has 1 amide bonds. The topological polar surface area (TPSA) is 68.0 Å². The number of halogens is 1. The summed E-state index contributed by atoms with van der Waals surface area (Å²) in [6.07, 6.45) is 3.37. The molecular weight excluding hydrogens is 226 g/mol. The van der Waals surface area contributed by atoms with Gasteiger partial charge in [0.25, 0.3) is 5.91 Å². The molecule has 0 radical (unpaired) electrons. The molecule has 0 aromatic carbocycles. The number of nitrogen functional groups attached to an aromatic ring is 1. The zero-order chi connectivity index (χ0) is 12.1. The summed E-state index contributed by atoms with van der Waals surface area (Å²) in [5.74, 6) is -0.231. The molecule has 0 saturated heterocycles. The van der Waals surface area contributed by atoms with Crippen LogP contribution in [0.25, 0.3) is 0 Å². The highest BCUT2D eigenvalue weighted by Crippen LogP contribution is 2.15. The molecule has 1 atom stereocenters. The van der Waals surface area contributed by atoms with E-state index in [1.807, 2.05) is 6.92 Å². The molecule has 16 heavy (non-hydrogen) atoms. The number of nitrogens with one attached hydrogen (secondary N) is 1. The van der Waals surface area contributed by atoms with Crippen LogP contribution >= 0.6 is 11.6 Å². The Labute approximate surface area is 100 Å². The van der Waals surface area contributed by atoms with Gasteiger partial charge < -0.3 is 11.1 Å². The summed E-state index contributed by atoms with van der Waals surface area (Å²) in [5.41, 5.74) is 6.31. The molecule has 1 aromatic rings. The number of amides is 1. The number of anilines is 1. The van der Waals surface area contributed by atoms with Crippen molar-refractivity contribution < 1.29 is 4.79 Å². The van der Waals surface area contributed by atoms with Crippen LogP contribution in [-0.4, -0.2) is 16.9 Å². The van der Waals surface area contributed by atoms with Crippen molar-refractivity contribution in [1.82, 2.24) is 10.3 Å². The summed E-state index contributed by atoms with van der Waals surface area (Å²) >= 11 is 5.82. The minimum absolute atomic E-state index is 0.120. The minimum atomic E-state index is -0.231. The fourth-order valence-corrected chi connectivity index (χ4v) is 1.62. The predicted octanol–water partition coefficient (Wildman–Crippen LogP) is 2.24. The third kappa shape index (κ3) is 3.38. The molecule has 3 N–H and O–H groups in total. The molecule has 1 rings (SSSR count). The van der Waals surface area contributed by atoms with Gasteiger partial charge in [-0.1, -0.05) is 24.9 Å². The van der Waals surface area contributed by atoms with Crippen LogP contribution < -0.4 is 11.1 Å². The van der Waals surface area contributed by atoms with Gasteiger partial charge in [0.05, 0.1) is 17.4 Å². The van der Waals surface area contributed by atoms with Gasteiger partial charge in [0.1, 0.15) is 5.15 Å². The van der Waals surface area contributed by atoms with Crippen molar-refractivity contribution in [3.8, 4) is 0 Å². The molecule has 0 fully saturated rings. The number of hydrogen-bond donors (Lipinski definition) is 2. The third-order valence-electron chi connectivity index (χ3n) is 2.20. The van der Waals surface area contributed by atoms with Gasteiger partial charge in [0, 0.05) is 6.04 Å². The van der Waals surface area contributed by atoms with Gasteiger partial charge in [-0.05, 0) is 19.4 Å². The molecule has 0 aliphatic carbocycles. The lowest BCUT2D eigenvalue weighted by Gasteiger charge is -2.13. The van der Waals surface area contributed by atoms with Crippen LogP contribution in [0.15, 0.2) is 12.3 Å². The van der Waals surface area contributed by atoms with Crippen molar-refractivity contribution in [2.45, 2.75) is 32.7 Å². The van der Waals surface area contributed by atoms with Gasteiger partial charge >= 0.3 is 0 Å². The fraction of sp³-hybridized carbons (Fsp3) is 0.455. The average molecular weight is 242 g/mol. The number of aromatic nitrogens is 1. The number of carbonyl (C=O) groups is 1. The maximum absolute atomic E-state index is 11.8. The quantitative estimate of drug-likeness (QED) is 0.795. The van der Waals surface area contributed by atoms with E-state index < -0.39 is 0 Å². The maximum atomic E-state index is 11.8. The number of nitrogens with zero attached hydrogens (tertiary/aromatic N) is 1. The Hall–Kier alpha value is -1.29. The molecular formula is C11H16ClN3O. The van der Waals surface area contributed by atoms with E-state index >= 15 is 0 Å². The Morgan fingerprint density at radius 1 is 1.69 bits per heavy atom. The monoisotopic (exact) mass is 241 g/mol. The Balaban J connectivity index is 2.76. The molecule has 1 unspecified atom stereocenters. The van der Waals surface area contributed by atoms with Crippen molar-refractivity contribution in [1.29, 1.82) is 0 Å². The minimum Gasteiger partial charge on any atom is -0.397 e. The standard InChI is InChI=1S/C11H16ClN3O/c1-3-4-7(2)15-11(16)9-5-8(13)6-14-10(9)12/h5-7H,3-4,13H2,1-2H3,(H,15,16). The van der Waals surface area contributed by atoms with E-state index in [1.165, 1.54) is 12.3 Å². The zero-order valence-electron chi connectivity index (χ0n) is 9.46. The molecule has 0 aliphatic rings. The van der Waals surface area contributed by atoms with Gasteiger partial charge in [-0.15, -0.1) is 0 Å². The van der Waals surface area contributed by atoms with E-state index in [1.54, 1.807) is 0 Å². The van der Waals surface area contributed by atoms with Crippen LogP contribution in [0.2, 0.25) is 5.15 Å². The number of nitrogens with two attached hydrogens (primary N) is 1. The molecule has 1 heterocycles. The van der Waals surface area contributed by atoms with Crippen molar-refractivity contribution in [2.24, 2.45) is 0 Å². The Morgan fingerprint density at radius 3 is 3.00 bits per heavy atom. The lowest BCUT2D eigenvalue weighted by Crippen LogP contribution is -2.32. The smallest absolute Gasteiger partial charge is 0.254 e. The highest BCUT2D eigenvalue weighted by molar-refractivity contribution is 6.32. The van der Waals surface area contributed by atoms with E-state index in [-0.39, 0.29) is 17.1 Å². The second-order valence-electron chi connectivity index (χ2n) is 3.77. The van der Waals surface area contributed by atoms with Crippen LogP contribution in [0, 0.1) is 0 Å². The second-order valence-corrected chi connectivity index (χ2v) is 4.13. The van der Waals surface area contributed by atoms with Crippen LogP contribution in [-0.2, 0) is 0 Å². The van der Waals surface area contributed by atoms with Gasteiger partial charge in [0.15, 0.2) is 0 Å². The molecule has 1 aromatic heterocycles. The summed E-state index contributed by atoms with van der Waals surface area (Å²) in [7, 11) is 0. The predicted molar refractivity (Wildman–Crippen MR) is 65.5 cm³/mol. The fourth-order valence-electron chi connectivity index (χ4n) is 1.43.